The van der Waals surface area contributed by atoms with Gasteiger partial charge in [-0.1, -0.05) is 18.7 Å². The van der Waals surface area contributed by atoms with Gasteiger partial charge in [0, 0.05) is 23.9 Å². The summed E-state index contributed by atoms with van der Waals surface area (Å²) in [6, 6.07) is 3.81. The highest BCUT2D eigenvalue weighted by Crippen LogP contribution is 2.16. The summed E-state index contributed by atoms with van der Waals surface area (Å²) in [6.45, 7) is 4.44. The molecule has 19 heavy (non-hydrogen) atoms. The molecule has 3 heteroatoms. The van der Waals surface area contributed by atoms with Crippen LogP contribution in [0.4, 0.5) is 0 Å². The minimum Gasteiger partial charge on any atom is -0.457 e. The summed E-state index contributed by atoms with van der Waals surface area (Å²) in [5.74, 6) is 1.26. The van der Waals surface area contributed by atoms with Crippen LogP contribution in [0.2, 0.25) is 0 Å². The number of hydrogen-bond acceptors (Lipinski definition) is 3. The van der Waals surface area contributed by atoms with Crippen LogP contribution in [0.3, 0.4) is 0 Å². The van der Waals surface area contributed by atoms with E-state index in [1.165, 1.54) is 0 Å². The first-order valence-electron chi connectivity index (χ1n) is 5.99. The Kier molecular flexibility index (Phi) is 2.97. The molecule has 0 bridgehead atoms. The van der Waals surface area contributed by atoms with E-state index in [0.717, 1.165) is 22.0 Å². The van der Waals surface area contributed by atoms with Crippen LogP contribution < -0.4 is 10.7 Å². The maximum atomic E-state index is 5.75. The molecule has 2 heterocycles. The number of allylic oxidation sites excluding steroid dienone is 3. The van der Waals surface area contributed by atoms with Gasteiger partial charge >= 0.3 is 0 Å². The van der Waals surface area contributed by atoms with Crippen molar-refractivity contribution in [2.45, 2.75) is 0 Å². The Bertz CT molecular complexity index is 775. The quantitative estimate of drug-likeness (QED) is 0.653. The monoisotopic (exact) mass is 248 g/mol. The first-order chi connectivity index (χ1) is 9.33. The standard InChI is InChI=1S/C16H12N2O/c1-12-10-15-14(7-5-9-17-15)18-11-13-6-3-2-4-8-16(13)19-12/h2-3,5-10H,1,11H2/b15-10+,18-14?. The van der Waals surface area contributed by atoms with Crippen molar-refractivity contribution in [2.75, 3.05) is 6.54 Å². The van der Waals surface area contributed by atoms with Gasteiger partial charge in [-0.05, 0) is 18.2 Å². The van der Waals surface area contributed by atoms with E-state index in [2.05, 4.69) is 22.3 Å². The summed E-state index contributed by atoms with van der Waals surface area (Å²) in [4.78, 5) is 8.87. The molecular formula is C16H12N2O. The Hall–Kier alpha value is -2.64. The fourth-order valence-electron chi connectivity index (χ4n) is 1.89. The second-order valence-corrected chi connectivity index (χ2v) is 4.16. The molecule has 3 rings (SSSR count). The third kappa shape index (κ3) is 2.46. The van der Waals surface area contributed by atoms with Crippen molar-refractivity contribution in [1.29, 1.82) is 0 Å². The van der Waals surface area contributed by atoms with Gasteiger partial charge in [0.2, 0.25) is 0 Å². The normalized spacial score (nSPS) is 18.7. The molecule has 0 fully saturated rings. The van der Waals surface area contributed by atoms with Crippen LogP contribution in [-0.4, -0.2) is 11.5 Å². The number of aromatic nitrogens is 1. The van der Waals surface area contributed by atoms with Gasteiger partial charge in [0.1, 0.15) is 11.5 Å². The number of fused-ring (bicyclic) bond motifs is 1. The van der Waals surface area contributed by atoms with E-state index in [0.29, 0.717) is 12.3 Å². The summed E-state index contributed by atoms with van der Waals surface area (Å²) in [5.41, 5.74) is 4.02. The van der Waals surface area contributed by atoms with E-state index in [1.54, 1.807) is 18.3 Å². The molecule has 0 amide bonds. The Balaban J connectivity index is 2.18. The zero-order valence-electron chi connectivity index (χ0n) is 10.3. The highest BCUT2D eigenvalue weighted by Gasteiger charge is 2.07. The zero-order chi connectivity index (χ0) is 13.1. The molecule has 0 saturated heterocycles. The number of hydrogen-bond donors (Lipinski definition) is 0. The number of nitrogens with zero attached hydrogens (tertiary/aromatic N) is 2. The predicted molar refractivity (Wildman–Crippen MR) is 73.4 cm³/mol. The lowest BCUT2D eigenvalue weighted by Crippen LogP contribution is -2.28. The van der Waals surface area contributed by atoms with Crippen molar-refractivity contribution < 1.29 is 4.74 Å². The third-order valence-electron chi connectivity index (χ3n) is 2.80. The highest BCUT2D eigenvalue weighted by molar-refractivity contribution is 5.43. The Morgan fingerprint density at radius 3 is 3.26 bits per heavy atom. The Morgan fingerprint density at radius 2 is 2.32 bits per heavy atom. The molecule has 0 radical (unpaired) electrons. The fraction of sp³-hybridized carbons (Fsp3) is 0.0625. The van der Waals surface area contributed by atoms with E-state index < -0.39 is 0 Å². The molecular weight excluding hydrogens is 236 g/mol. The molecule has 0 aromatic carbocycles. The molecule has 1 aromatic heterocycles. The first kappa shape index (κ1) is 11.5. The molecule has 0 unspecified atom stereocenters. The van der Waals surface area contributed by atoms with Gasteiger partial charge in [-0.25, -0.2) is 0 Å². The number of pyridine rings is 1. The van der Waals surface area contributed by atoms with Gasteiger partial charge in [0.15, 0.2) is 0 Å². The first-order valence-corrected chi connectivity index (χ1v) is 5.99. The van der Waals surface area contributed by atoms with Gasteiger partial charge < -0.3 is 4.74 Å². The lowest BCUT2D eigenvalue weighted by atomic mass is 10.2. The van der Waals surface area contributed by atoms with Crippen molar-refractivity contribution in [3.63, 3.8) is 0 Å². The van der Waals surface area contributed by atoms with Crippen molar-refractivity contribution >= 4 is 6.08 Å². The average Bonchev–Trinajstić information content (AvgIpc) is 2.59. The summed E-state index contributed by atoms with van der Waals surface area (Å²) in [6.07, 6.45) is 11.1. The van der Waals surface area contributed by atoms with Crippen molar-refractivity contribution in [2.24, 2.45) is 4.99 Å². The lowest BCUT2D eigenvalue weighted by Gasteiger charge is -2.07. The molecule has 3 nitrogen and oxygen atoms in total. The molecule has 1 aliphatic carbocycles. The third-order valence-corrected chi connectivity index (χ3v) is 2.80. The second kappa shape index (κ2) is 4.92. The SMILES string of the molecule is C=C1/C=c2/ncccc2=NCC2=C(C=C=CC=C2)O1. The largest absolute Gasteiger partial charge is 0.457 e. The molecule has 0 N–H and O–H groups in total. The van der Waals surface area contributed by atoms with Gasteiger partial charge in [-0.3, -0.25) is 9.98 Å². The molecule has 0 spiro atoms. The average molecular weight is 248 g/mol. The summed E-state index contributed by atoms with van der Waals surface area (Å²) >= 11 is 0. The maximum Gasteiger partial charge on any atom is 0.140 e. The van der Waals surface area contributed by atoms with Crippen LogP contribution in [0.1, 0.15) is 0 Å². The van der Waals surface area contributed by atoms with Crippen LogP contribution in [0, 0.1) is 0 Å². The fourth-order valence-corrected chi connectivity index (χ4v) is 1.89. The van der Waals surface area contributed by atoms with E-state index in [9.17, 15) is 0 Å². The maximum absolute atomic E-state index is 5.75. The number of rotatable bonds is 0. The molecule has 0 saturated carbocycles. The zero-order valence-corrected chi connectivity index (χ0v) is 10.3. The number of ether oxygens (including phenoxy) is 1. The molecule has 92 valence electrons. The topological polar surface area (TPSA) is 34.5 Å². The molecule has 0 atom stereocenters. The summed E-state index contributed by atoms with van der Waals surface area (Å²) < 4.78 is 5.75. The van der Waals surface area contributed by atoms with Crippen LogP contribution in [0.25, 0.3) is 6.08 Å². The summed E-state index contributed by atoms with van der Waals surface area (Å²) in [5, 5.41) is 1.62. The van der Waals surface area contributed by atoms with Crippen molar-refractivity contribution in [3.8, 4) is 0 Å². The van der Waals surface area contributed by atoms with E-state index in [1.807, 2.05) is 30.4 Å². The minimum atomic E-state index is 0.539. The predicted octanol–water partition coefficient (Wildman–Crippen LogP) is 1.56. The van der Waals surface area contributed by atoms with Gasteiger partial charge in [0.25, 0.3) is 0 Å². The molecule has 1 aliphatic heterocycles. The van der Waals surface area contributed by atoms with E-state index in [4.69, 9.17) is 4.74 Å². The van der Waals surface area contributed by atoms with Crippen LogP contribution >= 0.6 is 0 Å². The van der Waals surface area contributed by atoms with Gasteiger partial charge in [-0.2, -0.15) is 0 Å². The lowest BCUT2D eigenvalue weighted by molar-refractivity contribution is 0.341. The highest BCUT2D eigenvalue weighted by atomic mass is 16.5. The van der Waals surface area contributed by atoms with E-state index in [-0.39, 0.29) is 0 Å². The van der Waals surface area contributed by atoms with Crippen molar-refractivity contribution in [1.82, 2.24) is 4.98 Å². The van der Waals surface area contributed by atoms with Gasteiger partial charge in [-0.15, -0.1) is 5.73 Å². The smallest absolute Gasteiger partial charge is 0.140 e. The molecule has 2 aliphatic rings. The minimum absolute atomic E-state index is 0.539. The van der Waals surface area contributed by atoms with Crippen LogP contribution in [0.5, 0.6) is 0 Å². The van der Waals surface area contributed by atoms with Gasteiger partial charge in [0.05, 0.1) is 17.3 Å². The second-order valence-electron chi connectivity index (χ2n) is 4.16. The summed E-state index contributed by atoms with van der Waals surface area (Å²) in [7, 11) is 0. The Labute approximate surface area is 111 Å². The van der Waals surface area contributed by atoms with Crippen LogP contribution in [0.15, 0.2) is 77.0 Å². The van der Waals surface area contributed by atoms with Crippen molar-refractivity contribution in [3.05, 3.63) is 82.7 Å². The van der Waals surface area contributed by atoms with Crippen LogP contribution in [-0.2, 0) is 4.74 Å². The van der Waals surface area contributed by atoms with E-state index >= 15 is 0 Å². The molecule has 1 aromatic rings. The Morgan fingerprint density at radius 1 is 1.37 bits per heavy atom.